The van der Waals surface area contributed by atoms with E-state index in [4.69, 9.17) is 4.98 Å². The van der Waals surface area contributed by atoms with Crippen LogP contribution in [0.3, 0.4) is 0 Å². The molecule has 2 aliphatic heterocycles. The average molecular weight is 361 g/mol. The van der Waals surface area contributed by atoms with Gasteiger partial charge in [0.05, 0.1) is 0 Å². The van der Waals surface area contributed by atoms with E-state index in [1.165, 1.54) is 44.5 Å². The van der Waals surface area contributed by atoms with E-state index in [1.807, 2.05) is 19.0 Å². The van der Waals surface area contributed by atoms with Crippen LogP contribution < -0.4 is 9.80 Å². The molecule has 146 valence electrons. The lowest BCUT2D eigenvalue weighted by atomic mass is 10.0. The highest BCUT2D eigenvalue weighted by molar-refractivity contribution is 5.52. The first kappa shape index (κ1) is 19.4. The molecule has 0 amide bonds. The molecule has 3 heterocycles. The second-order valence-corrected chi connectivity index (χ2v) is 8.05. The standard InChI is InChI=1S/C20H36N6/c1-6-9-24-10-7-18(8-11-24)25-12-14-26(15-13-25)19-16(2)17(3)21-20(22-19)23(4)5/h18H,6-15H2,1-5H3. The van der Waals surface area contributed by atoms with E-state index in [0.29, 0.717) is 0 Å². The van der Waals surface area contributed by atoms with Gasteiger partial charge in [0, 0.05) is 57.6 Å². The largest absolute Gasteiger partial charge is 0.354 e. The van der Waals surface area contributed by atoms with Crippen molar-refractivity contribution in [3.05, 3.63) is 11.3 Å². The number of hydrogen-bond donors (Lipinski definition) is 0. The zero-order valence-corrected chi connectivity index (χ0v) is 17.3. The Balaban J connectivity index is 1.59. The molecule has 2 aliphatic rings. The van der Waals surface area contributed by atoms with Crippen molar-refractivity contribution in [2.24, 2.45) is 0 Å². The summed E-state index contributed by atoms with van der Waals surface area (Å²) in [6.45, 7) is 14.8. The van der Waals surface area contributed by atoms with E-state index >= 15 is 0 Å². The van der Waals surface area contributed by atoms with Gasteiger partial charge in [0.2, 0.25) is 5.95 Å². The van der Waals surface area contributed by atoms with Gasteiger partial charge in [0.25, 0.3) is 0 Å². The summed E-state index contributed by atoms with van der Waals surface area (Å²) in [4.78, 5) is 19.3. The van der Waals surface area contributed by atoms with Crippen molar-refractivity contribution in [2.45, 2.75) is 46.1 Å². The Morgan fingerprint density at radius 3 is 2.19 bits per heavy atom. The number of aryl methyl sites for hydroxylation is 1. The number of hydrogen-bond acceptors (Lipinski definition) is 6. The van der Waals surface area contributed by atoms with Gasteiger partial charge in [-0.2, -0.15) is 4.98 Å². The summed E-state index contributed by atoms with van der Waals surface area (Å²) >= 11 is 0. The van der Waals surface area contributed by atoms with Crippen molar-refractivity contribution >= 4 is 11.8 Å². The van der Waals surface area contributed by atoms with Crippen molar-refractivity contribution in [3.8, 4) is 0 Å². The van der Waals surface area contributed by atoms with E-state index in [9.17, 15) is 0 Å². The number of nitrogens with zero attached hydrogens (tertiary/aromatic N) is 6. The molecule has 0 spiro atoms. The maximum Gasteiger partial charge on any atom is 0.227 e. The van der Waals surface area contributed by atoms with E-state index < -0.39 is 0 Å². The van der Waals surface area contributed by atoms with Crippen LogP contribution in [0.5, 0.6) is 0 Å². The number of anilines is 2. The summed E-state index contributed by atoms with van der Waals surface area (Å²) in [6, 6.07) is 0.774. The van der Waals surface area contributed by atoms with Gasteiger partial charge in [0.15, 0.2) is 0 Å². The van der Waals surface area contributed by atoms with Crippen LogP contribution >= 0.6 is 0 Å². The fourth-order valence-electron chi connectivity index (χ4n) is 4.23. The molecule has 0 unspecified atom stereocenters. The molecular weight excluding hydrogens is 324 g/mol. The summed E-state index contributed by atoms with van der Waals surface area (Å²) in [7, 11) is 4.02. The number of aromatic nitrogens is 2. The lowest BCUT2D eigenvalue weighted by molar-refractivity contribution is 0.103. The zero-order valence-electron chi connectivity index (χ0n) is 17.3. The third-order valence-corrected chi connectivity index (χ3v) is 5.98. The molecule has 6 heteroatoms. The SMILES string of the molecule is CCCN1CCC(N2CCN(c3nc(N(C)C)nc(C)c3C)CC2)CC1. The molecular formula is C20H36N6. The quantitative estimate of drug-likeness (QED) is 0.801. The summed E-state index contributed by atoms with van der Waals surface area (Å²) in [5.74, 6) is 1.94. The molecule has 0 saturated carbocycles. The molecule has 2 fully saturated rings. The summed E-state index contributed by atoms with van der Waals surface area (Å²) in [5, 5.41) is 0. The summed E-state index contributed by atoms with van der Waals surface area (Å²) < 4.78 is 0. The Bertz CT molecular complexity index is 586. The van der Waals surface area contributed by atoms with Crippen molar-refractivity contribution < 1.29 is 0 Å². The maximum atomic E-state index is 4.84. The monoisotopic (exact) mass is 360 g/mol. The molecule has 0 aromatic carbocycles. The minimum Gasteiger partial charge on any atom is -0.354 e. The molecule has 0 N–H and O–H groups in total. The molecule has 6 nitrogen and oxygen atoms in total. The molecule has 1 aromatic rings. The molecule has 0 radical (unpaired) electrons. The van der Waals surface area contributed by atoms with Gasteiger partial charge in [-0.15, -0.1) is 0 Å². The van der Waals surface area contributed by atoms with Gasteiger partial charge >= 0.3 is 0 Å². The third kappa shape index (κ3) is 4.29. The minimum absolute atomic E-state index is 0.774. The topological polar surface area (TPSA) is 38.7 Å². The molecule has 3 rings (SSSR count). The molecule has 2 saturated heterocycles. The van der Waals surface area contributed by atoms with Crippen LogP contribution in [0.25, 0.3) is 0 Å². The van der Waals surface area contributed by atoms with Crippen molar-refractivity contribution in [1.82, 2.24) is 19.8 Å². The Morgan fingerprint density at radius 1 is 0.962 bits per heavy atom. The highest BCUT2D eigenvalue weighted by Crippen LogP contribution is 2.25. The Hall–Kier alpha value is -1.40. The number of rotatable bonds is 5. The van der Waals surface area contributed by atoms with Gasteiger partial charge in [-0.3, -0.25) is 4.90 Å². The van der Waals surface area contributed by atoms with Crippen LogP contribution in [0, 0.1) is 13.8 Å². The van der Waals surface area contributed by atoms with Gasteiger partial charge in [-0.05, 0) is 52.7 Å². The predicted molar refractivity (Wildman–Crippen MR) is 109 cm³/mol. The third-order valence-electron chi connectivity index (χ3n) is 5.98. The Kier molecular flexibility index (Phi) is 6.35. The van der Waals surface area contributed by atoms with Crippen LogP contribution in [0.15, 0.2) is 0 Å². The molecule has 26 heavy (non-hydrogen) atoms. The fraction of sp³-hybridized carbons (Fsp3) is 0.800. The van der Waals surface area contributed by atoms with E-state index in [2.05, 4.69) is 40.5 Å². The van der Waals surface area contributed by atoms with Gasteiger partial charge in [0.1, 0.15) is 5.82 Å². The first-order chi connectivity index (χ1) is 12.5. The normalized spacial score (nSPS) is 20.6. The lowest BCUT2D eigenvalue weighted by Gasteiger charge is -2.43. The van der Waals surface area contributed by atoms with E-state index in [-0.39, 0.29) is 0 Å². The Labute approximate surface area is 159 Å². The van der Waals surface area contributed by atoms with E-state index in [1.54, 1.807) is 0 Å². The van der Waals surface area contributed by atoms with Crippen LogP contribution in [-0.2, 0) is 0 Å². The van der Waals surface area contributed by atoms with Crippen molar-refractivity contribution in [3.63, 3.8) is 0 Å². The minimum atomic E-state index is 0.774. The zero-order chi connectivity index (χ0) is 18.7. The summed E-state index contributed by atoms with van der Waals surface area (Å²) in [5.41, 5.74) is 2.31. The maximum absolute atomic E-state index is 4.84. The van der Waals surface area contributed by atoms with Crippen molar-refractivity contribution in [2.75, 3.05) is 69.7 Å². The second kappa shape index (κ2) is 8.53. The van der Waals surface area contributed by atoms with Crippen LogP contribution in [0.2, 0.25) is 0 Å². The van der Waals surface area contributed by atoms with Gasteiger partial charge < -0.3 is 14.7 Å². The fourth-order valence-corrected chi connectivity index (χ4v) is 4.23. The highest BCUT2D eigenvalue weighted by atomic mass is 15.3. The smallest absolute Gasteiger partial charge is 0.227 e. The highest BCUT2D eigenvalue weighted by Gasteiger charge is 2.28. The molecule has 1 aromatic heterocycles. The first-order valence-corrected chi connectivity index (χ1v) is 10.2. The first-order valence-electron chi connectivity index (χ1n) is 10.2. The van der Waals surface area contributed by atoms with Gasteiger partial charge in [-0.25, -0.2) is 4.98 Å². The Morgan fingerprint density at radius 2 is 1.62 bits per heavy atom. The van der Waals surface area contributed by atoms with Crippen LogP contribution in [-0.4, -0.2) is 85.7 Å². The molecule has 0 bridgehead atoms. The molecule has 0 atom stereocenters. The van der Waals surface area contributed by atoms with Gasteiger partial charge in [-0.1, -0.05) is 6.92 Å². The van der Waals surface area contributed by atoms with E-state index in [0.717, 1.165) is 49.7 Å². The van der Waals surface area contributed by atoms with Crippen LogP contribution in [0.1, 0.15) is 37.4 Å². The number of piperidine rings is 1. The second-order valence-electron chi connectivity index (χ2n) is 8.05. The molecule has 0 aliphatic carbocycles. The average Bonchev–Trinajstić information content (AvgIpc) is 2.65. The summed E-state index contributed by atoms with van der Waals surface area (Å²) in [6.07, 6.45) is 3.93. The number of piperazine rings is 1. The predicted octanol–water partition coefficient (Wildman–Crippen LogP) is 2.16. The van der Waals surface area contributed by atoms with Crippen LogP contribution in [0.4, 0.5) is 11.8 Å². The lowest BCUT2D eigenvalue weighted by Crippen LogP contribution is -2.53. The van der Waals surface area contributed by atoms with Crippen molar-refractivity contribution in [1.29, 1.82) is 0 Å². The number of likely N-dealkylation sites (tertiary alicyclic amines) is 1.